The topological polar surface area (TPSA) is 329 Å². The molecule has 0 radical (unpaired) electrons. The molecule has 4 aromatic carbocycles. The van der Waals surface area contributed by atoms with Crippen LogP contribution >= 0.6 is 0 Å². The highest BCUT2D eigenvalue weighted by Gasteiger charge is 2.44. The first-order valence-electron chi connectivity index (χ1n) is 24.0. The maximum atomic E-state index is 13.8. The molecule has 0 aromatic heterocycles. The minimum Gasteiger partial charge on any atom is -0.548 e. The van der Waals surface area contributed by atoms with Gasteiger partial charge in [0.25, 0.3) is 0 Å². The Hall–Kier alpha value is -5.00. The first-order chi connectivity index (χ1) is 33.4. The van der Waals surface area contributed by atoms with Crippen LogP contribution in [0, 0.1) is 0 Å². The molecule has 0 spiro atoms. The quantitative estimate of drug-likeness (QED) is 0.0548. The second-order valence-corrected chi connectivity index (χ2v) is 22.2. The van der Waals surface area contributed by atoms with Crippen molar-refractivity contribution in [2.24, 2.45) is 0 Å². The number of carboxylic acid groups (broad SMARTS) is 2. The van der Waals surface area contributed by atoms with Crippen LogP contribution in [0.4, 0.5) is 0 Å². The molecule has 14 N–H and O–H groups in total. The van der Waals surface area contributed by atoms with Crippen molar-refractivity contribution in [3.63, 3.8) is 0 Å². The SMILES string of the molecule is CCCC[C@]1(CC)CS(=O)(=O)c2cc(CN[C@@H](CO)C(=O)[O-])c(OC)cc2[C@@H](c2ccccc2)N1.CCCC[C@]1(CC)CS(=O)(=O)c2cc(CN[C@@H](CO)C(=O)[O-])c(OC)cc2[C@@H](c2ccccc2)N1.[NH4+].[NH4+]. The molecule has 0 aliphatic carbocycles. The number of aliphatic carboxylic acids is 2. The lowest BCUT2D eigenvalue weighted by molar-refractivity contribution is -0.310. The van der Waals surface area contributed by atoms with Crippen molar-refractivity contribution in [1.82, 2.24) is 33.6 Å². The number of hydrogen-bond acceptors (Lipinski definition) is 16. The third kappa shape index (κ3) is 14.6. The lowest BCUT2D eigenvalue weighted by Crippen LogP contribution is -2.50. The summed E-state index contributed by atoms with van der Waals surface area (Å²) >= 11 is 0. The number of carbonyl (C=O) groups excluding carboxylic acids is 2. The van der Waals surface area contributed by atoms with Gasteiger partial charge in [-0.2, -0.15) is 0 Å². The number of aliphatic hydroxyl groups excluding tert-OH is 2. The van der Waals surface area contributed by atoms with Crippen LogP contribution in [0.5, 0.6) is 11.5 Å². The van der Waals surface area contributed by atoms with Crippen LogP contribution in [0.1, 0.15) is 125 Å². The summed E-state index contributed by atoms with van der Waals surface area (Å²) in [5, 5.41) is 53.9. The van der Waals surface area contributed by atoms with Gasteiger partial charge in [0.2, 0.25) is 0 Å². The summed E-state index contributed by atoms with van der Waals surface area (Å²) in [4.78, 5) is 22.8. The third-order valence-electron chi connectivity index (χ3n) is 13.6. The molecule has 2 aliphatic rings. The van der Waals surface area contributed by atoms with Gasteiger partial charge in [0.05, 0.1) is 84.8 Å². The molecule has 6 atom stereocenters. The smallest absolute Gasteiger partial charge is 0.180 e. The first-order valence-corrected chi connectivity index (χ1v) is 27.3. The molecule has 72 heavy (non-hydrogen) atoms. The monoisotopic (exact) mass is 1040 g/mol. The van der Waals surface area contributed by atoms with Gasteiger partial charge < -0.3 is 62.4 Å². The molecule has 0 amide bonds. The van der Waals surface area contributed by atoms with Gasteiger partial charge in [-0.1, -0.05) is 114 Å². The van der Waals surface area contributed by atoms with Gasteiger partial charge in [-0.05, 0) is 72.2 Å². The Balaban J connectivity index is 0.000000370. The summed E-state index contributed by atoms with van der Waals surface area (Å²) in [6.07, 6.45) is 6.48. The Morgan fingerprint density at radius 2 is 0.986 bits per heavy atom. The van der Waals surface area contributed by atoms with E-state index >= 15 is 0 Å². The number of rotatable bonds is 22. The van der Waals surface area contributed by atoms with E-state index in [4.69, 9.17) is 9.47 Å². The fraction of sp³-hybridized carbons (Fsp3) is 0.500. The van der Waals surface area contributed by atoms with Gasteiger partial charge >= 0.3 is 0 Å². The van der Waals surface area contributed by atoms with Crippen LogP contribution in [0.3, 0.4) is 0 Å². The number of fused-ring (bicyclic) bond motifs is 2. The largest absolute Gasteiger partial charge is 0.548 e. The highest BCUT2D eigenvalue weighted by atomic mass is 32.2. The Kier molecular flexibility index (Phi) is 23.3. The molecule has 18 nitrogen and oxygen atoms in total. The summed E-state index contributed by atoms with van der Waals surface area (Å²) in [6, 6.07) is 22.8. The maximum Gasteiger partial charge on any atom is 0.180 e. The average molecular weight is 1040 g/mol. The first kappa shape index (κ1) is 61.3. The van der Waals surface area contributed by atoms with Crippen molar-refractivity contribution in [3.8, 4) is 11.5 Å². The molecule has 2 aliphatic heterocycles. The zero-order chi connectivity index (χ0) is 51.3. The summed E-state index contributed by atoms with van der Waals surface area (Å²) in [6.45, 7) is 6.90. The Labute approximate surface area is 425 Å². The van der Waals surface area contributed by atoms with Gasteiger partial charge in [0, 0.05) is 35.3 Å². The van der Waals surface area contributed by atoms with E-state index in [1.165, 1.54) is 14.2 Å². The molecule has 0 saturated carbocycles. The molecule has 2 heterocycles. The van der Waals surface area contributed by atoms with E-state index in [0.29, 0.717) is 46.6 Å². The number of hydrogen-bond donors (Lipinski definition) is 8. The van der Waals surface area contributed by atoms with Crippen LogP contribution < -0.4 is 53.3 Å². The van der Waals surface area contributed by atoms with Crippen molar-refractivity contribution in [3.05, 3.63) is 118 Å². The van der Waals surface area contributed by atoms with Gasteiger partial charge in [0.15, 0.2) is 19.7 Å². The van der Waals surface area contributed by atoms with Gasteiger partial charge in [-0.3, -0.25) is 10.6 Å². The highest BCUT2D eigenvalue weighted by Crippen LogP contribution is 2.43. The average Bonchev–Trinajstić information content (AvgIpc) is 3.52. The van der Waals surface area contributed by atoms with Crippen molar-refractivity contribution < 1.29 is 56.3 Å². The van der Waals surface area contributed by atoms with E-state index in [2.05, 4.69) is 35.1 Å². The summed E-state index contributed by atoms with van der Waals surface area (Å²) in [7, 11) is -4.43. The van der Waals surface area contributed by atoms with Crippen molar-refractivity contribution in [2.75, 3.05) is 38.9 Å². The minimum absolute atomic E-state index is 0. The normalized spacial score (nSPS) is 21.5. The zero-order valence-corrected chi connectivity index (χ0v) is 44.7. The van der Waals surface area contributed by atoms with Crippen LogP contribution in [-0.4, -0.2) is 101 Å². The van der Waals surface area contributed by atoms with E-state index in [1.54, 1.807) is 24.3 Å². The third-order valence-corrected chi connectivity index (χ3v) is 17.5. The van der Waals surface area contributed by atoms with Crippen LogP contribution in [0.15, 0.2) is 94.7 Å². The molecule has 0 unspecified atom stereocenters. The Morgan fingerprint density at radius 3 is 1.26 bits per heavy atom. The lowest BCUT2D eigenvalue weighted by atomic mass is 9.88. The fourth-order valence-corrected chi connectivity index (χ4v) is 13.8. The lowest BCUT2D eigenvalue weighted by Gasteiger charge is -2.36. The minimum atomic E-state index is -3.70. The predicted octanol–water partition coefficient (Wildman–Crippen LogP) is 4.15. The molecule has 4 aromatic rings. The molecule has 0 fully saturated rings. The molecule has 20 heteroatoms. The number of aliphatic hydroxyl groups is 2. The molecule has 0 saturated heterocycles. The molecule has 0 bridgehead atoms. The number of sulfone groups is 2. The zero-order valence-electron chi connectivity index (χ0n) is 43.1. The number of methoxy groups -OCH3 is 2. The molecular weight excluding hydrogens is 965 g/mol. The molecule has 400 valence electrons. The maximum absolute atomic E-state index is 13.8. The number of unbranched alkanes of at least 4 members (excludes halogenated alkanes) is 2. The number of carboxylic acids is 2. The Bertz CT molecular complexity index is 2430. The molecule has 6 rings (SSSR count). The van der Waals surface area contributed by atoms with Gasteiger partial charge in [-0.25, -0.2) is 16.8 Å². The number of ether oxygens (including phenoxy) is 2. The van der Waals surface area contributed by atoms with Crippen molar-refractivity contribution in [2.45, 2.75) is 137 Å². The second kappa shape index (κ2) is 27.3. The number of benzene rings is 4. The van der Waals surface area contributed by atoms with E-state index < -0.39 is 68.0 Å². The highest BCUT2D eigenvalue weighted by molar-refractivity contribution is 7.91. The molecular formula is C52H78N6O12S2. The standard InChI is InChI=1S/2C26H36N2O6S.2H3N/c2*1-4-6-12-26(5-2)17-35(32,33)23-13-19(15-27-21(16-29)25(30)31)22(34-3)14-20(23)24(28-26)18-10-8-7-9-11-18;;/h2*7-11,13-14,21,24,27-29H,4-6,12,15-17H2,1-3H3,(H,30,31);2*1H3/t2*21-,24+,26+;;/m00../s1. The van der Waals surface area contributed by atoms with Crippen molar-refractivity contribution in [1.29, 1.82) is 0 Å². The van der Waals surface area contributed by atoms with Crippen LogP contribution in [0.2, 0.25) is 0 Å². The van der Waals surface area contributed by atoms with Gasteiger partial charge in [0.1, 0.15) is 11.5 Å². The van der Waals surface area contributed by atoms with E-state index in [-0.39, 0.29) is 58.8 Å². The van der Waals surface area contributed by atoms with Crippen LogP contribution in [-0.2, 0) is 42.4 Å². The number of nitrogens with one attached hydrogen (secondary N) is 4. The van der Waals surface area contributed by atoms with Crippen LogP contribution in [0.25, 0.3) is 0 Å². The summed E-state index contributed by atoms with van der Waals surface area (Å²) in [5.74, 6) is -2.09. The van der Waals surface area contributed by atoms with E-state index in [0.717, 1.165) is 49.7 Å². The second-order valence-electron chi connectivity index (χ2n) is 18.2. The number of quaternary nitrogens is 2. The predicted molar refractivity (Wildman–Crippen MR) is 275 cm³/mol. The van der Waals surface area contributed by atoms with E-state index in [1.807, 2.05) is 74.5 Å². The summed E-state index contributed by atoms with van der Waals surface area (Å²) < 4.78 is 66.4. The Morgan fingerprint density at radius 1 is 0.639 bits per heavy atom. The number of carbonyl (C=O) groups is 2. The van der Waals surface area contributed by atoms with Crippen molar-refractivity contribution >= 4 is 31.6 Å². The van der Waals surface area contributed by atoms with E-state index in [9.17, 15) is 46.9 Å². The summed E-state index contributed by atoms with van der Waals surface area (Å²) in [5.41, 5.74) is 2.87. The van der Waals surface area contributed by atoms with Gasteiger partial charge in [-0.15, -0.1) is 0 Å². The fourth-order valence-electron chi connectivity index (χ4n) is 9.42.